The fourth-order valence-electron chi connectivity index (χ4n) is 4.59. The maximum atomic E-state index is 13.3. The van der Waals surface area contributed by atoms with Crippen LogP contribution in [0.4, 0.5) is 11.4 Å². The molecule has 0 aromatic heterocycles. The number of piperidine rings is 2. The van der Waals surface area contributed by atoms with Gasteiger partial charge in [0.15, 0.2) is 0 Å². The van der Waals surface area contributed by atoms with E-state index in [1.165, 1.54) is 24.9 Å². The Kier molecular flexibility index (Phi) is 6.07. The number of nitrogens with one attached hydrogen (secondary N) is 1. The van der Waals surface area contributed by atoms with Crippen LogP contribution in [0.1, 0.15) is 55.8 Å². The summed E-state index contributed by atoms with van der Waals surface area (Å²) in [5.41, 5.74) is 1.76. The van der Waals surface area contributed by atoms with Gasteiger partial charge in [-0.3, -0.25) is 9.59 Å². The second kappa shape index (κ2) is 8.90. The van der Waals surface area contributed by atoms with Gasteiger partial charge in [0.05, 0.1) is 0 Å². The third kappa shape index (κ3) is 4.20. The van der Waals surface area contributed by atoms with E-state index in [1.54, 1.807) is 4.90 Å². The molecule has 2 aliphatic heterocycles. The Morgan fingerprint density at radius 2 is 1.50 bits per heavy atom. The first-order valence-electron chi connectivity index (χ1n) is 11.1. The second-order valence-electron chi connectivity index (χ2n) is 8.60. The monoisotopic (exact) mass is 405 g/mol. The fraction of sp³-hybridized carbons (Fsp3) is 0.440. The van der Waals surface area contributed by atoms with Gasteiger partial charge in [-0.05, 0) is 81.8 Å². The Hall–Kier alpha value is -2.82. The molecule has 2 saturated heterocycles. The van der Waals surface area contributed by atoms with Crippen LogP contribution >= 0.6 is 0 Å². The zero-order valence-electron chi connectivity index (χ0n) is 17.8. The van der Waals surface area contributed by atoms with Gasteiger partial charge in [-0.1, -0.05) is 18.2 Å². The Morgan fingerprint density at radius 1 is 0.833 bits per heavy atom. The van der Waals surface area contributed by atoms with Crippen molar-refractivity contribution in [3.05, 3.63) is 60.2 Å². The van der Waals surface area contributed by atoms with E-state index in [-0.39, 0.29) is 11.8 Å². The van der Waals surface area contributed by atoms with Crippen LogP contribution in [0.5, 0.6) is 0 Å². The van der Waals surface area contributed by atoms with Crippen molar-refractivity contribution in [2.24, 2.45) is 0 Å². The number of nitrogens with zero attached hydrogens (tertiary/aromatic N) is 2. The number of anilines is 2. The predicted molar refractivity (Wildman–Crippen MR) is 121 cm³/mol. The number of likely N-dealkylation sites (tertiary alicyclic amines) is 1. The van der Waals surface area contributed by atoms with E-state index in [0.29, 0.717) is 18.5 Å². The van der Waals surface area contributed by atoms with Gasteiger partial charge < -0.3 is 15.1 Å². The molecule has 0 radical (unpaired) electrons. The van der Waals surface area contributed by atoms with Crippen molar-refractivity contribution in [3.8, 4) is 0 Å². The number of benzene rings is 2. The van der Waals surface area contributed by atoms with Gasteiger partial charge >= 0.3 is 0 Å². The van der Waals surface area contributed by atoms with Crippen molar-refractivity contribution in [2.75, 3.05) is 29.9 Å². The molecule has 2 amide bonds. The zero-order chi connectivity index (χ0) is 21.0. The average molecular weight is 406 g/mol. The fourth-order valence-corrected chi connectivity index (χ4v) is 4.59. The smallest absolute Gasteiger partial charge is 0.254 e. The highest BCUT2D eigenvalue weighted by atomic mass is 16.2. The SMILES string of the molecule is C[C@]1(C(=O)Nc2ccc(N3CCCCC3)cc2)CCCCN1C(=O)c1ccccc1. The van der Waals surface area contributed by atoms with Gasteiger partial charge in [-0.2, -0.15) is 0 Å². The molecule has 0 spiro atoms. The van der Waals surface area contributed by atoms with E-state index in [1.807, 2.05) is 49.4 Å². The first kappa shape index (κ1) is 20.5. The molecule has 2 fully saturated rings. The molecular formula is C25H31N3O2. The number of carbonyl (C=O) groups excluding carboxylic acids is 2. The summed E-state index contributed by atoms with van der Waals surface area (Å²) in [7, 11) is 0. The maximum absolute atomic E-state index is 13.3. The van der Waals surface area contributed by atoms with E-state index in [0.717, 1.165) is 31.6 Å². The van der Waals surface area contributed by atoms with Crippen molar-refractivity contribution < 1.29 is 9.59 Å². The molecule has 2 aromatic rings. The van der Waals surface area contributed by atoms with Crippen LogP contribution in [0.3, 0.4) is 0 Å². The van der Waals surface area contributed by atoms with E-state index in [9.17, 15) is 9.59 Å². The Labute approximate surface area is 179 Å². The molecule has 2 aromatic carbocycles. The Bertz CT molecular complexity index is 875. The summed E-state index contributed by atoms with van der Waals surface area (Å²) in [6.07, 6.45) is 6.32. The molecular weight excluding hydrogens is 374 g/mol. The summed E-state index contributed by atoms with van der Waals surface area (Å²) >= 11 is 0. The van der Waals surface area contributed by atoms with Gasteiger partial charge in [0, 0.05) is 36.6 Å². The maximum Gasteiger partial charge on any atom is 0.254 e. The van der Waals surface area contributed by atoms with Crippen LogP contribution < -0.4 is 10.2 Å². The molecule has 0 saturated carbocycles. The molecule has 1 N–H and O–H groups in total. The number of hydrogen-bond acceptors (Lipinski definition) is 3. The van der Waals surface area contributed by atoms with Crippen molar-refractivity contribution in [2.45, 2.75) is 51.0 Å². The highest BCUT2D eigenvalue weighted by Gasteiger charge is 2.44. The number of amides is 2. The van der Waals surface area contributed by atoms with Gasteiger partial charge in [0.25, 0.3) is 5.91 Å². The summed E-state index contributed by atoms with van der Waals surface area (Å²) < 4.78 is 0. The largest absolute Gasteiger partial charge is 0.372 e. The van der Waals surface area contributed by atoms with Crippen LogP contribution in [0, 0.1) is 0 Å². The quantitative estimate of drug-likeness (QED) is 0.802. The van der Waals surface area contributed by atoms with Crippen LogP contribution in [0.15, 0.2) is 54.6 Å². The van der Waals surface area contributed by atoms with Gasteiger partial charge in [-0.15, -0.1) is 0 Å². The number of rotatable bonds is 4. The second-order valence-corrected chi connectivity index (χ2v) is 8.60. The summed E-state index contributed by atoms with van der Waals surface area (Å²) in [6, 6.07) is 17.3. The van der Waals surface area contributed by atoms with Gasteiger partial charge in [-0.25, -0.2) is 0 Å². The predicted octanol–water partition coefficient (Wildman–Crippen LogP) is 4.70. The molecule has 5 nitrogen and oxygen atoms in total. The topological polar surface area (TPSA) is 52.7 Å². The minimum atomic E-state index is -0.850. The summed E-state index contributed by atoms with van der Waals surface area (Å²) in [4.78, 5) is 30.6. The minimum absolute atomic E-state index is 0.0756. The molecule has 2 aliphatic rings. The van der Waals surface area contributed by atoms with Crippen LogP contribution in [0.25, 0.3) is 0 Å². The Morgan fingerprint density at radius 3 is 2.20 bits per heavy atom. The standard InChI is InChI=1S/C25H31N3O2/c1-25(16-6-9-19-28(25)23(29)20-10-4-2-5-11-20)24(30)26-21-12-14-22(15-13-21)27-17-7-3-8-18-27/h2,4-5,10-15H,3,6-9,16-19H2,1H3,(H,26,30)/t25-/m1/s1. The highest BCUT2D eigenvalue weighted by Crippen LogP contribution is 2.31. The Balaban J connectivity index is 1.48. The molecule has 1 atom stereocenters. The lowest BCUT2D eigenvalue weighted by Gasteiger charge is -2.43. The third-order valence-corrected chi connectivity index (χ3v) is 6.49. The van der Waals surface area contributed by atoms with Crippen LogP contribution in [0.2, 0.25) is 0 Å². The van der Waals surface area contributed by atoms with E-state index in [2.05, 4.69) is 22.3 Å². The molecule has 0 aliphatic carbocycles. The molecule has 158 valence electrons. The molecule has 2 heterocycles. The lowest BCUT2D eigenvalue weighted by Crippen LogP contribution is -2.59. The summed E-state index contributed by atoms with van der Waals surface area (Å²) in [5, 5.41) is 3.07. The first-order chi connectivity index (χ1) is 14.6. The van der Waals surface area contributed by atoms with E-state index >= 15 is 0 Å². The van der Waals surface area contributed by atoms with E-state index in [4.69, 9.17) is 0 Å². The first-order valence-corrected chi connectivity index (χ1v) is 11.1. The zero-order valence-corrected chi connectivity index (χ0v) is 17.8. The normalized spacial score (nSPS) is 21.9. The van der Waals surface area contributed by atoms with Crippen molar-refractivity contribution in [1.82, 2.24) is 4.90 Å². The molecule has 0 unspecified atom stereocenters. The molecule has 30 heavy (non-hydrogen) atoms. The number of hydrogen-bond donors (Lipinski definition) is 1. The van der Waals surface area contributed by atoms with Crippen molar-refractivity contribution in [1.29, 1.82) is 0 Å². The molecule has 0 bridgehead atoms. The summed E-state index contributed by atoms with van der Waals surface area (Å²) in [5.74, 6) is -0.189. The summed E-state index contributed by atoms with van der Waals surface area (Å²) in [6.45, 7) is 4.69. The molecule has 4 rings (SSSR count). The number of carbonyl (C=O) groups is 2. The van der Waals surface area contributed by atoms with Crippen molar-refractivity contribution in [3.63, 3.8) is 0 Å². The average Bonchev–Trinajstić information content (AvgIpc) is 2.80. The highest BCUT2D eigenvalue weighted by molar-refractivity contribution is 6.03. The minimum Gasteiger partial charge on any atom is -0.372 e. The van der Waals surface area contributed by atoms with Crippen LogP contribution in [-0.2, 0) is 4.79 Å². The van der Waals surface area contributed by atoms with Crippen LogP contribution in [-0.4, -0.2) is 41.9 Å². The lowest BCUT2D eigenvalue weighted by atomic mass is 9.86. The van der Waals surface area contributed by atoms with E-state index < -0.39 is 5.54 Å². The molecule has 5 heteroatoms. The van der Waals surface area contributed by atoms with Crippen molar-refractivity contribution >= 4 is 23.2 Å². The lowest BCUT2D eigenvalue weighted by molar-refractivity contribution is -0.127. The van der Waals surface area contributed by atoms with Gasteiger partial charge in [0.2, 0.25) is 5.91 Å². The third-order valence-electron chi connectivity index (χ3n) is 6.49. The van der Waals surface area contributed by atoms with Gasteiger partial charge in [0.1, 0.15) is 5.54 Å².